The Balaban J connectivity index is 0.000000212. The van der Waals surface area contributed by atoms with Crippen LogP contribution in [0.3, 0.4) is 0 Å². The minimum atomic E-state index is -0.713. The van der Waals surface area contributed by atoms with Crippen LogP contribution in [0.5, 0.6) is 5.75 Å². The lowest BCUT2D eigenvalue weighted by Gasteiger charge is -2.20. The van der Waals surface area contributed by atoms with E-state index in [1.54, 1.807) is 55.6 Å². The van der Waals surface area contributed by atoms with Gasteiger partial charge in [-0.3, -0.25) is 9.59 Å². The van der Waals surface area contributed by atoms with Crippen LogP contribution in [0.15, 0.2) is 130 Å². The highest BCUT2D eigenvalue weighted by Crippen LogP contribution is 2.31. The maximum absolute atomic E-state index is 12.4. The summed E-state index contributed by atoms with van der Waals surface area (Å²) >= 11 is 0. The van der Waals surface area contributed by atoms with Crippen LogP contribution in [0.25, 0.3) is 11.0 Å². The molecule has 16 nitrogen and oxygen atoms in total. The number of para-hydroxylation sites is 3. The van der Waals surface area contributed by atoms with Gasteiger partial charge >= 0.3 is 17.6 Å². The number of benzene rings is 4. The number of fused-ring (bicyclic) bond motifs is 2. The SMILES string of the molecule is C=C1Nc2cc(OC)ccc2NC1=O.COC(=O)c1ccc(C(=O)OC)c(N=NC(C(=O)Nc2ccccc2)=C(C)O)c1.O=c1[nH]c2ccccc2[nH]1. The summed E-state index contributed by atoms with van der Waals surface area (Å²) in [6.45, 7) is 4.85. The molecule has 0 fully saturated rings. The molecule has 0 aliphatic carbocycles. The molecule has 1 aliphatic rings. The Kier molecular flexibility index (Phi) is 13.0. The first-order valence-corrected chi connectivity index (χ1v) is 15.5. The molecule has 1 aliphatic heterocycles. The number of aliphatic hydroxyl groups excluding tert-OH is 1. The smallest absolute Gasteiger partial charge is 0.340 e. The second-order valence-corrected chi connectivity index (χ2v) is 10.8. The molecular weight excluding hydrogens is 686 g/mol. The zero-order valence-corrected chi connectivity index (χ0v) is 29.0. The molecule has 0 atom stereocenters. The number of anilines is 3. The Morgan fingerprint density at radius 1 is 0.774 bits per heavy atom. The van der Waals surface area contributed by atoms with Gasteiger partial charge < -0.3 is 45.2 Å². The molecule has 272 valence electrons. The number of allylic oxidation sites excluding steroid dienone is 1. The van der Waals surface area contributed by atoms with Crippen LogP contribution in [0.4, 0.5) is 22.7 Å². The molecule has 0 bridgehead atoms. The highest BCUT2D eigenvalue weighted by Gasteiger charge is 2.19. The van der Waals surface area contributed by atoms with Crippen LogP contribution in [-0.4, -0.2) is 60.2 Å². The molecule has 1 aromatic heterocycles. The molecular formula is C37H35N7O9. The number of methoxy groups -OCH3 is 3. The van der Waals surface area contributed by atoms with E-state index in [2.05, 4.69) is 52.2 Å². The summed E-state index contributed by atoms with van der Waals surface area (Å²) in [6, 6.07) is 25.4. The molecule has 0 unspecified atom stereocenters. The van der Waals surface area contributed by atoms with Crippen molar-refractivity contribution in [3.63, 3.8) is 0 Å². The molecule has 2 heterocycles. The van der Waals surface area contributed by atoms with E-state index in [4.69, 9.17) is 4.74 Å². The number of carbonyl (C=O) groups excluding carboxylic acids is 4. The second-order valence-electron chi connectivity index (χ2n) is 10.8. The van der Waals surface area contributed by atoms with Crippen LogP contribution >= 0.6 is 0 Å². The van der Waals surface area contributed by atoms with E-state index in [1.807, 2.05) is 24.3 Å². The Labute approximate surface area is 302 Å². The summed E-state index contributed by atoms with van der Waals surface area (Å²) in [5.41, 5.74) is 3.66. The molecule has 0 radical (unpaired) electrons. The van der Waals surface area contributed by atoms with E-state index in [-0.39, 0.29) is 39.9 Å². The van der Waals surface area contributed by atoms with Gasteiger partial charge in [0.15, 0.2) is 5.70 Å². The molecule has 0 saturated heterocycles. The summed E-state index contributed by atoms with van der Waals surface area (Å²) in [4.78, 5) is 63.3. The minimum absolute atomic E-state index is 0.0160. The van der Waals surface area contributed by atoms with E-state index in [0.29, 0.717) is 11.4 Å². The molecule has 2 amide bonds. The third-order valence-corrected chi connectivity index (χ3v) is 7.13. The quantitative estimate of drug-likeness (QED) is 0.0483. The molecule has 5 aromatic rings. The number of hydrogen-bond donors (Lipinski definition) is 6. The standard InChI is InChI=1S/C20H19N3O6.C10H10N2O2.C7H6N2O/c1-12(24)17(18(25)21-14-7-5-4-6-8-14)23-22-16-11-13(19(26)28-2)9-10-15(16)20(27)29-3;1-6-10(13)12-8-4-3-7(14-2)5-9(8)11-6;10-7-8-5-3-1-2-4-6(5)9-7/h4-11,24H,1-3H3,(H,21,25);3-5,11H,1H2,2H3,(H,12,13);1-4H,(H2,8,9,10). The fraction of sp³-hybridized carbons (Fsp3) is 0.108. The fourth-order valence-corrected chi connectivity index (χ4v) is 4.50. The molecule has 6 rings (SSSR count). The van der Waals surface area contributed by atoms with Crippen molar-refractivity contribution in [3.8, 4) is 5.75 Å². The lowest BCUT2D eigenvalue weighted by Crippen LogP contribution is -2.24. The van der Waals surface area contributed by atoms with Crippen LogP contribution in [0, 0.1) is 0 Å². The van der Waals surface area contributed by atoms with Crippen molar-refractivity contribution in [2.24, 2.45) is 10.2 Å². The third kappa shape index (κ3) is 10.3. The second kappa shape index (κ2) is 18.0. The largest absolute Gasteiger partial charge is 0.510 e. The number of carbonyl (C=O) groups is 4. The Hall–Kier alpha value is -7.49. The van der Waals surface area contributed by atoms with E-state index >= 15 is 0 Å². The van der Waals surface area contributed by atoms with Crippen LogP contribution in [0.1, 0.15) is 27.6 Å². The number of esters is 2. The third-order valence-electron chi connectivity index (χ3n) is 7.13. The number of nitrogens with zero attached hydrogens (tertiary/aromatic N) is 2. The van der Waals surface area contributed by atoms with Crippen molar-refractivity contribution in [1.82, 2.24) is 9.97 Å². The van der Waals surface area contributed by atoms with Crippen molar-refractivity contribution in [1.29, 1.82) is 0 Å². The molecule has 4 aromatic carbocycles. The van der Waals surface area contributed by atoms with Gasteiger partial charge in [-0.1, -0.05) is 36.9 Å². The topological polar surface area (TPSA) is 226 Å². The molecule has 0 saturated carbocycles. The van der Waals surface area contributed by atoms with Gasteiger partial charge in [-0.15, -0.1) is 10.2 Å². The number of H-pyrrole nitrogens is 2. The number of ether oxygens (including phenoxy) is 3. The number of aromatic nitrogens is 2. The number of aliphatic hydroxyl groups is 1. The number of rotatable bonds is 7. The lowest BCUT2D eigenvalue weighted by molar-refractivity contribution is -0.113. The number of amides is 2. The first-order valence-electron chi connectivity index (χ1n) is 15.5. The van der Waals surface area contributed by atoms with Gasteiger partial charge in [-0.25, -0.2) is 14.4 Å². The number of aromatic amines is 2. The summed E-state index contributed by atoms with van der Waals surface area (Å²) < 4.78 is 14.4. The maximum atomic E-state index is 12.4. The average molecular weight is 722 g/mol. The molecule has 16 heteroatoms. The molecule has 0 spiro atoms. The fourth-order valence-electron chi connectivity index (χ4n) is 4.50. The Morgan fingerprint density at radius 3 is 2.02 bits per heavy atom. The van der Waals surface area contributed by atoms with Gasteiger partial charge in [0.25, 0.3) is 11.8 Å². The van der Waals surface area contributed by atoms with Gasteiger partial charge in [-0.2, -0.15) is 0 Å². The van der Waals surface area contributed by atoms with Gasteiger partial charge in [0.05, 0.1) is 60.6 Å². The Morgan fingerprint density at radius 2 is 1.42 bits per heavy atom. The van der Waals surface area contributed by atoms with E-state index < -0.39 is 17.8 Å². The van der Waals surface area contributed by atoms with Gasteiger partial charge in [0, 0.05) is 11.8 Å². The normalized spacial score (nSPS) is 12.0. The lowest BCUT2D eigenvalue weighted by atomic mass is 10.1. The molecule has 53 heavy (non-hydrogen) atoms. The molecule has 6 N–H and O–H groups in total. The van der Waals surface area contributed by atoms with Crippen molar-refractivity contribution < 1.29 is 38.5 Å². The highest BCUT2D eigenvalue weighted by molar-refractivity contribution is 6.10. The summed E-state index contributed by atoms with van der Waals surface area (Å²) in [6.07, 6.45) is 0. The number of nitrogens with one attached hydrogen (secondary N) is 5. The zero-order chi connectivity index (χ0) is 38.5. The predicted molar refractivity (Wildman–Crippen MR) is 197 cm³/mol. The van der Waals surface area contributed by atoms with E-state index in [9.17, 15) is 29.1 Å². The monoisotopic (exact) mass is 721 g/mol. The average Bonchev–Trinajstić information content (AvgIpc) is 3.55. The maximum Gasteiger partial charge on any atom is 0.340 e. The van der Waals surface area contributed by atoms with Gasteiger partial charge in [0.2, 0.25) is 0 Å². The first-order chi connectivity index (χ1) is 25.4. The number of imidazole rings is 1. The summed E-state index contributed by atoms with van der Waals surface area (Å²) in [5, 5.41) is 25.7. The highest BCUT2D eigenvalue weighted by atomic mass is 16.5. The minimum Gasteiger partial charge on any atom is -0.510 e. The summed E-state index contributed by atoms with van der Waals surface area (Å²) in [5.74, 6) is -1.92. The first kappa shape index (κ1) is 38.3. The van der Waals surface area contributed by atoms with Crippen molar-refractivity contribution in [3.05, 3.63) is 136 Å². The van der Waals surface area contributed by atoms with Crippen molar-refractivity contribution in [2.45, 2.75) is 6.92 Å². The predicted octanol–water partition coefficient (Wildman–Crippen LogP) is 6.20. The zero-order valence-electron chi connectivity index (χ0n) is 29.0. The van der Waals surface area contributed by atoms with Crippen molar-refractivity contribution >= 4 is 57.5 Å². The van der Waals surface area contributed by atoms with Gasteiger partial charge in [-0.05, 0) is 61.5 Å². The Bertz CT molecular complexity index is 2240. The van der Waals surface area contributed by atoms with E-state index in [0.717, 1.165) is 28.2 Å². The van der Waals surface area contributed by atoms with Gasteiger partial charge in [0.1, 0.15) is 17.2 Å². The number of azo groups is 1. The van der Waals surface area contributed by atoms with E-state index in [1.165, 1.54) is 39.3 Å². The van der Waals surface area contributed by atoms with Crippen LogP contribution in [-0.2, 0) is 19.1 Å². The summed E-state index contributed by atoms with van der Waals surface area (Å²) in [7, 11) is 3.99. The number of hydrogen-bond acceptors (Lipinski definition) is 12. The van der Waals surface area contributed by atoms with Crippen LogP contribution in [0.2, 0.25) is 0 Å². The van der Waals surface area contributed by atoms with Crippen molar-refractivity contribution in [2.75, 3.05) is 37.3 Å². The van der Waals surface area contributed by atoms with Crippen LogP contribution < -0.4 is 26.4 Å².